The second-order valence-electron chi connectivity index (χ2n) is 4.22. The summed E-state index contributed by atoms with van der Waals surface area (Å²) in [6.45, 7) is 2.78. The molecule has 0 spiro atoms. The number of aryl methyl sites for hydroxylation is 2. The number of anilines is 1. The van der Waals surface area contributed by atoms with E-state index in [-0.39, 0.29) is 5.69 Å². The number of hydrogen-bond acceptors (Lipinski definition) is 5. The molecule has 2 heterocycles. The van der Waals surface area contributed by atoms with E-state index in [1.54, 1.807) is 12.1 Å². The van der Waals surface area contributed by atoms with Crippen molar-refractivity contribution in [1.29, 1.82) is 0 Å². The van der Waals surface area contributed by atoms with Gasteiger partial charge in [0.25, 0.3) is 5.91 Å². The molecule has 0 aliphatic heterocycles. The van der Waals surface area contributed by atoms with Crippen molar-refractivity contribution in [2.75, 3.05) is 11.9 Å². The third-order valence-electron chi connectivity index (χ3n) is 2.78. The molecule has 7 nitrogen and oxygen atoms in total. The molecule has 2 aromatic rings. The third-order valence-corrected chi connectivity index (χ3v) is 2.78. The molecule has 0 aromatic carbocycles. The maximum atomic E-state index is 10.8. The molecule has 0 radical (unpaired) electrons. The Morgan fingerprint density at radius 3 is 2.84 bits per heavy atom. The van der Waals surface area contributed by atoms with Crippen molar-refractivity contribution in [2.45, 2.75) is 19.8 Å². The second-order valence-corrected chi connectivity index (χ2v) is 4.22. The van der Waals surface area contributed by atoms with Crippen LogP contribution >= 0.6 is 0 Å². The van der Waals surface area contributed by atoms with Crippen molar-refractivity contribution in [3.63, 3.8) is 0 Å². The van der Waals surface area contributed by atoms with Crippen LogP contribution in [0.1, 0.15) is 28.2 Å². The van der Waals surface area contributed by atoms with Crippen molar-refractivity contribution in [2.24, 2.45) is 5.73 Å². The summed E-state index contributed by atoms with van der Waals surface area (Å²) >= 11 is 0. The van der Waals surface area contributed by atoms with E-state index in [1.807, 2.05) is 13.1 Å². The zero-order chi connectivity index (χ0) is 13.7. The fraction of sp³-hybridized carbons (Fsp3) is 0.333. The van der Waals surface area contributed by atoms with Gasteiger partial charge in [-0.1, -0.05) is 0 Å². The minimum atomic E-state index is -0.575. The Morgan fingerprint density at radius 1 is 1.42 bits per heavy atom. The summed E-state index contributed by atoms with van der Waals surface area (Å²) in [5.41, 5.74) is 7.57. The maximum Gasteiger partial charge on any atom is 0.269 e. The van der Waals surface area contributed by atoms with Crippen LogP contribution < -0.4 is 11.1 Å². The molecule has 4 N–H and O–H groups in total. The predicted octanol–water partition coefficient (Wildman–Crippen LogP) is 0.652. The van der Waals surface area contributed by atoms with Crippen LogP contribution in [0.15, 0.2) is 18.3 Å². The molecule has 0 unspecified atom stereocenters. The Labute approximate surface area is 110 Å². The number of amides is 1. The molecule has 2 rings (SSSR count). The Morgan fingerprint density at radius 2 is 2.26 bits per heavy atom. The summed E-state index contributed by atoms with van der Waals surface area (Å²) in [7, 11) is 0. The first-order valence-corrected chi connectivity index (χ1v) is 6.03. The van der Waals surface area contributed by atoms with Gasteiger partial charge < -0.3 is 11.1 Å². The van der Waals surface area contributed by atoms with Crippen LogP contribution in [0.3, 0.4) is 0 Å². The van der Waals surface area contributed by atoms with Gasteiger partial charge in [-0.15, -0.1) is 10.2 Å². The molecule has 0 aliphatic rings. The first-order chi connectivity index (χ1) is 9.16. The number of nitrogens with one attached hydrogen (secondary N) is 2. The molecule has 0 bridgehead atoms. The molecule has 0 fully saturated rings. The number of H-pyrrole nitrogens is 1. The molecule has 0 saturated carbocycles. The second kappa shape index (κ2) is 5.94. The summed E-state index contributed by atoms with van der Waals surface area (Å²) in [4.78, 5) is 10.8. The summed E-state index contributed by atoms with van der Waals surface area (Å²) < 4.78 is 0. The average molecular weight is 260 g/mol. The van der Waals surface area contributed by atoms with Crippen molar-refractivity contribution < 1.29 is 4.79 Å². The number of aromatic nitrogens is 4. The number of hydrogen-bond donors (Lipinski definition) is 3. The topological polar surface area (TPSA) is 110 Å². The van der Waals surface area contributed by atoms with E-state index >= 15 is 0 Å². The van der Waals surface area contributed by atoms with E-state index < -0.39 is 5.91 Å². The molecule has 19 heavy (non-hydrogen) atoms. The van der Waals surface area contributed by atoms with E-state index in [4.69, 9.17) is 5.73 Å². The van der Waals surface area contributed by atoms with Gasteiger partial charge in [0.1, 0.15) is 5.82 Å². The summed E-state index contributed by atoms with van der Waals surface area (Å²) in [6.07, 6.45) is 3.75. The molecule has 7 heteroatoms. The number of primary amides is 1. The summed E-state index contributed by atoms with van der Waals surface area (Å²) in [5.74, 6) is 0.0587. The van der Waals surface area contributed by atoms with Gasteiger partial charge in [0, 0.05) is 12.2 Å². The average Bonchev–Trinajstić information content (AvgIpc) is 2.81. The van der Waals surface area contributed by atoms with Crippen LogP contribution in [-0.2, 0) is 6.42 Å². The van der Waals surface area contributed by atoms with E-state index in [9.17, 15) is 4.79 Å². The monoisotopic (exact) mass is 260 g/mol. The highest BCUT2D eigenvalue weighted by Crippen LogP contribution is 2.07. The third kappa shape index (κ3) is 3.51. The van der Waals surface area contributed by atoms with Gasteiger partial charge in [-0.25, -0.2) is 0 Å². The summed E-state index contributed by atoms with van der Waals surface area (Å²) in [6, 6.07) is 3.24. The van der Waals surface area contributed by atoms with Crippen LogP contribution in [0.5, 0.6) is 0 Å². The van der Waals surface area contributed by atoms with Gasteiger partial charge in [-0.3, -0.25) is 9.89 Å². The van der Waals surface area contributed by atoms with Gasteiger partial charge in [-0.05, 0) is 37.5 Å². The van der Waals surface area contributed by atoms with E-state index in [1.165, 1.54) is 5.56 Å². The standard InChI is InChI=1S/C12H16N6O/c1-8-9(7-15-16-8)3-2-6-14-11-5-4-10(12(13)19)17-18-11/h4-5,7H,2-3,6H2,1H3,(H2,13,19)(H,14,18)(H,15,16). The van der Waals surface area contributed by atoms with E-state index in [2.05, 4.69) is 25.7 Å². The smallest absolute Gasteiger partial charge is 0.269 e. The van der Waals surface area contributed by atoms with Crippen LogP contribution in [0.2, 0.25) is 0 Å². The van der Waals surface area contributed by atoms with Crippen molar-refractivity contribution >= 4 is 11.7 Å². The fourth-order valence-corrected chi connectivity index (χ4v) is 1.68. The molecule has 100 valence electrons. The SMILES string of the molecule is Cc1[nH]ncc1CCCNc1ccc(C(N)=O)nn1. The van der Waals surface area contributed by atoms with Crippen LogP contribution in [0.25, 0.3) is 0 Å². The molecular formula is C12H16N6O. The normalized spacial score (nSPS) is 10.4. The number of carbonyl (C=O) groups is 1. The lowest BCUT2D eigenvalue weighted by Gasteiger charge is -2.04. The van der Waals surface area contributed by atoms with Crippen molar-refractivity contribution in [3.8, 4) is 0 Å². The zero-order valence-corrected chi connectivity index (χ0v) is 10.7. The molecule has 0 atom stereocenters. The van der Waals surface area contributed by atoms with Crippen molar-refractivity contribution in [3.05, 3.63) is 35.3 Å². The van der Waals surface area contributed by atoms with Gasteiger partial charge in [0.2, 0.25) is 0 Å². The van der Waals surface area contributed by atoms with Crippen LogP contribution in [0.4, 0.5) is 5.82 Å². The number of carbonyl (C=O) groups excluding carboxylic acids is 1. The molecule has 0 saturated heterocycles. The Bertz CT molecular complexity index is 548. The number of nitrogens with two attached hydrogens (primary N) is 1. The predicted molar refractivity (Wildman–Crippen MR) is 70.7 cm³/mol. The molecule has 1 amide bonds. The lowest BCUT2D eigenvalue weighted by molar-refractivity contribution is 0.0994. The Hall–Kier alpha value is -2.44. The summed E-state index contributed by atoms with van der Waals surface area (Å²) in [5, 5.41) is 17.6. The number of nitrogens with zero attached hydrogens (tertiary/aromatic N) is 3. The Balaban J connectivity index is 1.76. The first-order valence-electron chi connectivity index (χ1n) is 6.03. The van der Waals surface area contributed by atoms with Crippen molar-refractivity contribution in [1.82, 2.24) is 20.4 Å². The molecule has 0 aliphatic carbocycles. The van der Waals surface area contributed by atoms with Gasteiger partial charge in [-0.2, -0.15) is 5.10 Å². The highest BCUT2D eigenvalue weighted by Gasteiger charge is 2.03. The van der Waals surface area contributed by atoms with Crippen LogP contribution in [-0.4, -0.2) is 32.8 Å². The zero-order valence-electron chi connectivity index (χ0n) is 10.7. The molecular weight excluding hydrogens is 244 g/mol. The number of rotatable bonds is 6. The van der Waals surface area contributed by atoms with Gasteiger partial charge >= 0.3 is 0 Å². The maximum absolute atomic E-state index is 10.8. The Kier molecular flexibility index (Phi) is 4.07. The highest BCUT2D eigenvalue weighted by atomic mass is 16.1. The fourth-order valence-electron chi connectivity index (χ4n) is 1.68. The van der Waals surface area contributed by atoms with Gasteiger partial charge in [0.05, 0.1) is 6.20 Å². The van der Waals surface area contributed by atoms with E-state index in [0.717, 1.165) is 25.1 Å². The van der Waals surface area contributed by atoms with Crippen LogP contribution in [0, 0.1) is 6.92 Å². The quantitative estimate of drug-likeness (QED) is 0.661. The minimum absolute atomic E-state index is 0.166. The number of aromatic amines is 1. The van der Waals surface area contributed by atoms with Gasteiger partial charge in [0.15, 0.2) is 5.69 Å². The van der Waals surface area contributed by atoms with E-state index in [0.29, 0.717) is 5.82 Å². The first kappa shape index (κ1) is 13.0. The minimum Gasteiger partial charge on any atom is -0.369 e. The largest absolute Gasteiger partial charge is 0.369 e. The molecule has 2 aromatic heterocycles. The lowest BCUT2D eigenvalue weighted by atomic mass is 10.1. The lowest BCUT2D eigenvalue weighted by Crippen LogP contribution is -2.14. The highest BCUT2D eigenvalue weighted by molar-refractivity contribution is 5.90.